The van der Waals surface area contributed by atoms with Gasteiger partial charge in [0.15, 0.2) is 0 Å². The summed E-state index contributed by atoms with van der Waals surface area (Å²) in [6.45, 7) is 8.59. The summed E-state index contributed by atoms with van der Waals surface area (Å²) in [4.78, 5) is 0. The first-order valence-electron chi connectivity index (χ1n) is 12.4. The van der Waals surface area contributed by atoms with Crippen LogP contribution in [0.15, 0.2) is 54.6 Å². The highest BCUT2D eigenvalue weighted by molar-refractivity contribution is 5.50. The van der Waals surface area contributed by atoms with Crippen molar-refractivity contribution in [3.63, 3.8) is 0 Å². The Morgan fingerprint density at radius 1 is 0.647 bits per heavy atom. The van der Waals surface area contributed by atoms with E-state index < -0.39 is 0 Å². The van der Waals surface area contributed by atoms with Crippen molar-refractivity contribution in [1.29, 1.82) is 0 Å². The van der Waals surface area contributed by atoms with Crippen LogP contribution in [0.1, 0.15) is 77.1 Å². The number of benzene rings is 3. The molecule has 0 saturated heterocycles. The predicted molar refractivity (Wildman–Crippen MR) is 140 cm³/mol. The Hall–Kier alpha value is -3.29. The van der Waals surface area contributed by atoms with Crippen LogP contribution < -0.4 is 0 Å². The van der Waals surface area contributed by atoms with Crippen LogP contribution in [0.4, 0.5) is 4.39 Å². The van der Waals surface area contributed by atoms with E-state index >= 15 is 0 Å². The maximum Gasteiger partial charge on any atom is 0.127 e. The van der Waals surface area contributed by atoms with E-state index in [9.17, 15) is 4.39 Å². The van der Waals surface area contributed by atoms with E-state index in [1.807, 2.05) is 30.3 Å². The highest BCUT2D eigenvalue weighted by Crippen LogP contribution is 2.32. The smallest absolute Gasteiger partial charge is 0.127 e. The molecule has 3 aromatic rings. The summed E-state index contributed by atoms with van der Waals surface area (Å²) >= 11 is 0. The van der Waals surface area contributed by atoms with Crippen molar-refractivity contribution >= 4 is 0 Å². The van der Waals surface area contributed by atoms with Crippen LogP contribution in [0.5, 0.6) is 0 Å². The van der Waals surface area contributed by atoms with Gasteiger partial charge in [-0.3, -0.25) is 0 Å². The minimum atomic E-state index is -0.223. The van der Waals surface area contributed by atoms with Crippen molar-refractivity contribution < 1.29 is 4.39 Å². The highest BCUT2D eigenvalue weighted by Gasteiger charge is 2.19. The van der Waals surface area contributed by atoms with Gasteiger partial charge in [-0.1, -0.05) is 49.5 Å². The molecule has 1 saturated carbocycles. The molecule has 1 aliphatic carbocycles. The molecule has 1 aliphatic rings. The van der Waals surface area contributed by atoms with E-state index in [1.165, 1.54) is 54.9 Å². The predicted octanol–water partition coefficient (Wildman–Crippen LogP) is 7.92. The summed E-state index contributed by atoms with van der Waals surface area (Å²) < 4.78 is 13.7. The fourth-order valence-electron chi connectivity index (χ4n) is 4.81. The average molecular weight is 449 g/mol. The maximum absolute atomic E-state index is 13.7. The Morgan fingerprint density at radius 2 is 1.15 bits per heavy atom. The molecule has 0 radical (unpaired) electrons. The molecule has 0 bridgehead atoms. The van der Waals surface area contributed by atoms with Gasteiger partial charge in [0.05, 0.1) is 0 Å². The maximum atomic E-state index is 13.7. The summed E-state index contributed by atoms with van der Waals surface area (Å²) in [5.74, 6) is 14.3. The van der Waals surface area contributed by atoms with Crippen LogP contribution in [0.25, 0.3) is 0 Å². The number of hydrogen-bond donors (Lipinski definition) is 0. The molecule has 0 heterocycles. The van der Waals surface area contributed by atoms with Gasteiger partial charge in [-0.05, 0) is 123 Å². The SMILES string of the molecule is Cc1ccc(C#Cc2ccc(C#Cc3cc(C)c(CC4CCC(C)CC4)c(C)c3)cc2)cc1F. The summed E-state index contributed by atoms with van der Waals surface area (Å²) in [5, 5.41) is 0. The van der Waals surface area contributed by atoms with Crippen molar-refractivity contribution in [3.05, 3.63) is 105 Å². The molecule has 0 amide bonds. The number of rotatable bonds is 2. The van der Waals surface area contributed by atoms with Gasteiger partial charge in [-0.15, -0.1) is 0 Å². The average Bonchev–Trinajstić information content (AvgIpc) is 2.83. The van der Waals surface area contributed by atoms with Crippen LogP contribution in [0.2, 0.25) is 0 Å². The molecule has 3 aromatic carbocycles. The lowest BCUT2D eigenvalue weighted by Crippen LogP contribution is -2.15. The van der Waals surface area contributed by atoms with E-state index in [0.29, 0.717) is 11.1 Å². The van der Waals surface area contributed by atoms with Crippen molar-refractivity contribution in [3.8, 4) is 23.7 Å². The molecule has 4 rings (SSSR count). The quantitative estimate of drug-likeness (QED) is 0.349. The summed E-state index contributed by atoms with van der Waals surface area (Å²) in [6, 6.07) is 17.5. The first-order valence-corrected chi connectivity index (χ1v) is 12.4. The molecule has 34 heavy (non-hydrogen) atoms. The van der Waals surface area contributed by atoms with Gasteiger partial charge >= 0.3 is 0 Å². The lowest BCUT2D eigenvalue weighted by molar-refractivity contribution is 0.288. The van der Waals surface area contributed by atoms with E-state index in [1.54, 1.807) is 13.0 Å². The van der Waals surface area contributed by atoms with Gasteiger partial charge in [0, 0.05) is 22.3 Å². The Bertz CT molecular complexity index is 1260. The van der Waals surface area contributed by atoms with Crippen LogP contribution in [0, 0.1) is 62.1 Å². The Labute approximate surface area is 204 Å². The largest absolute Gasteiger partial charge is 0.207 e. The van der Waals surface area contributed by atoms with Crippen molar-refractivity contribution in [2.75, 3.05) is 0 Å². The normalized spacial score (nSPS) is 17.3. The monoisotopic (exact) mass is 448 g/mol. The number of aryl methyl sites for hydroxylation is 3. The Balaban J connectivity index is 1.43. The van der Waals surface area contributed by atoms with Crippen LogP contribution in [-0.4, -0.2) is 0 Å². The first kappa shape index (κ1) is 23.9. The van der Waals surface area contributed by atoms with Crippen molar-refractivity contribution in [2.45, 2.75) is 59.8 Å². The topological polar surface area (TPSA) is 0 Å². The molecule has 1 fully saturated rings. The third-order valence-corrected chi connectivity index (χ3v) is 7.08. The zero-order valence-electron chi connectivity index (χ0n) is 20.8. The molecule has 0 nitrogen and oxygen atoms in total. The third-order valence-electron chi connectivity index (χ3n) is 7.08. The van der Waals surface area contributed by atoms with Gasteiger partial charge in [-0.2, -0.15) is 0 Å². The lowest BCUT2D eigenvalue weighted by atomic mass is 9.79. The molecular weight excluding hydrogens is 415 g/mol. The van der Waals surface area contributed by atoms with Gasteiger partial charge in [0.1, 0.15) is 5.82 Å². The van der Waals surface area contributed by atoms with E-state index in [-0.39, 0.29) is 5.82 Å². The lowest BCUT2D eigenvalue weighted by Gasteiger charge is -2.27. The minimum absolute atomic E-state index is 0.223. The molecule has 0 spiro atoms. The Morgan fingerprint density at radius 3 is 1.71 bits per heavy atom. The summed E-state index contributed by atoms with van der Waals surface area (Å²) in [7, 11) is 0. The fourth-order valence-corrected chi connectivity index (χ4v) is 4.81. The van der Waals surface area contributed by atoms with Crippen molar-refractivity contribution in [1.82, 2.24) is 0 Å². The van der Waals surface area contributed by atoms with E-state index in [0.717, 1.165) is 28.5 Å². The fraction of sp³-hybridized carbons (Fsp3) is 0.333. The van der Waals surface area contributed by atoms with Gasteiger partial charge in [-0.25, -0.2) is 4.39 Å². The van der Waals surface area contributed by atoms with Crippen LogP contribution >= 0.6 is 0 Å². The minimum Gasteiger partial charge on any atom is -0.207 e. The standard InChI is InChI=1S/C33H33F/c1-23-5-8-29(9-6-23)21-32-25(3)19-31(20-26(32)4)18-16-28-13-11-27(12-14-28)15-17-30-10-7-24(2)33(34)22-30/h7,10-14,19-20,22-23,29H,5-6,8-9,21H2,1-4H3. The highest BCUT2D eigenvalue weighted by atomic mass is 19.1. The zero-order chi connectivity index (χ0) is 24.1. The van der Waals surface area contributed by atoms with E-state index in [2.05, 4.69) is 56.6 Å². The molecule has 0 aromatic heterocycles. The van der Waals surface area contributed by atoms with Gasteiger partial charge in [0.2, 0.25) is 0 Å². The Kier molecular flexibility index (Phi) is 7.55. The number of halogens is 1. The molecule has 1 heteroatoms. The van der Waals surface area contributed by atoms with Crippen LogP contribution in [-0.2, 0) is 6.42 Å². The molecule has 0 N–H and O–H groups in total. The number of hydrogen-bond acceptors (Lipinski definition) is 0. The second-order valence-corrected chi connectivity index (χ2v) is 9.96. The second-order valence-electron chi connectivity index (χ2n) is 9.96. The summed E-state index contributed by atoms with van der Waals surface area (Å²) in [6.07, 6.45) is 6.69. The van der Waals surface area contributed by atoms with Gasteiger partial charge in [0.25, 0.3) is 0 Å². The van der Waals surface area contributed by atoms with Crippen LogP contribution in [0.3, 0.4) is 0 Å². The third kappa shape index (κ3) is 6.18. The van der Waals surface area contributed by atoms with E-state index in [4.69, 9.17) is 0 Å². The van der Waals surface area contributed by atoms with Crippen molar-refractivity contribution in [2.24, 2.45) is 11.8 Å². The second kappa shape index (κ2) is 10.8. The van der Waals surface area contributed by atoms with Gasteiger partial charge < -0.3 is 0 Å². The molecule has 0 atom stereocenters. The first-order chi connectivity index (χ1) is 16.4. The molecule has 172 valence electrons. The molecule has 0 aliphatic heterocycles. The summed E-state index contributed by atoms with van der Waals surface area (Å²) in [5.41, 5.74) is 8.47. The molecular formula is C33H33F. The zero-order valence-corrected chi connectivity index (χ0v) is 20.8. The molecule has 0 unspecified atom stereocenters.